The second-order valence-corrected chi connectivity index (χ2v) is 4.15. The Hall–Kier alpha value is -2.56. The quantitative estimate of drug-likeness (QED) is 0.878. The lowest BCUT2D eigenvalue weighted by atomic mass is 10.3. The number of aromatic nitrogens is 1. The third kappa shape index (κ3) is 3.98. The predicted molar refractivity (Wildman–Crippen MR) is 78.0 cm³/mol. The van der Waals surface area contributed by atoms with E-state index in [1.54, 1.807) is 25.4 Å². The van der Waals surface area contributed by atoms with Crippen LogP contribution in [-0.4, -0.2) is 24.7 Å². The Balaban J connectivity index is 1.81. The molecule has 1 aromatic carbocycles. The zero-order chi connectivity index (χ0) is 14.2. The van der Waals surface area contributed by atoms with E-state index in [9.17, 15) is 4.79 Å². The zero-order valence-corrected chi connectivity index (χ0v) is 11.3. The molecule has 5 nitrogen and oxygen atoms in total. The fraction of sp³-hybridized carbons (Fsp3) is 0.200. The largest absolute Gasteiger partial charge is 0.495 e. The highest BCUT2D eigenvalue weighted by Gasteiger charge is 2.05. The number of nitrogens with one attached hydrogen (secondary N) is 2. The summed E-state index contributed by atoms with van der Waals surface area (Å²) < 4.78 is 5.17. The minimum atomic E-state index is -0.259. The fourth-order valence-electron chi connectivity index (χ4n) is 1.76. The Bertz CT molecular complexity index is 558. The lowest BCUT2D eigenvalue weighted by Crippen LogP contribution is -2.30. The molecule has 0 aliphatic rings. The van der Waals surface area contributed by atoms with Crippen LogP contribution in [0.4, 0.5) is 10.5 Å². The molecular formula is C15H17N3O2. The maximum Gasteiger partial charge on any atom is 0.319 e. The number of amides is 2. The summed E-state index contributed by atoms with van der Waals surface area (Å²) in [6, 6.07) is 12.7. The second kappa shape index (κ2) is 7.13. The predicted octanol–water partition coefficient (Wildman–Crippen LogP) is 2.45. The van der Waals surface area contributed by atoms with Gasteiger partial charge < -0.3 is 15.4 Å². The summed E-state index contributed by atoms with van der Waals surface area (Å²) in [5.74, 6) is 0.632. The third-order valence-electron chi connectivity index (χ3n) is 2.75. The van der Waals surface area contributed by atoms with Crippen molar-refractivity contribution < 1.29 is 9.53 Å². The Morgan fingerprint density at radius 2 is 2.00 bits per heavy atom. The van der Waals surface area contributed by atoms with Gasteiger partial charge in [-0.15, -0.1) is 0 Å². The van der Waals surface area contributed by atoms with Crippen molar-refractivity contribution in [2.75, 3.05) is 19.0 Å². The third-order valence-corrected chi connectivity index (χ3v) is 2.75. The molecule has 0 fully saturated rings. The van der Waals surface area contributed by atoms with E-state index in [2.05, 4.69) is 15.6 Å². The summed E-state index contributed by atoms with van der Waals surface area (Å²) in [4.78, 5) is 16.0. The first-order valence-corrected chi connectivity index (χ1v) is 6.37. The van der Waals surface area contributed by atoms with Crippen LogP contribution in [0.2, 0.25) is 0 Å². The molecule has 0 atom stereocenters. The molecule has 2 aromatic rings. The van der Waals surface area contributed by atoms with Gasteiger partial charge >= 0.3 is 6.03 Å². The van der Waals surface area contributed by atoms with E-state index in [4.69, 9.17) is 4.74 Å². The number of carbonyl (C=O) groups excluding carboxylic acids is 1. The Morgan fingerprint density at radius 1 is 1.20 bits per heavy atom. The summed E-state index contributed by atoms with van der Waals surface area (Å²) in [6.07, 6.45) is 2.43. The van der Waals surface area contributed by atoms with Crippen molar-refractivity contribution in [3.8, 4) is 5.75 Å². The summed E-state index contributed by atoms with van der Waals surface area (Å²) in [5.41, 5.74) is 1.59. The molecule has 0 spiro atoms. The molecule has 0 saturated carbocycles. The van der Waals surface area contributed by atoms with Crippen molar-refractivity contribution in [3.63, 3.8) is 0 Å². The fourth-order valence-corrected chi connectivity index (χ4v) is 1.76. The van der Waals surface area contributed by atoms with Gasteiger partial charge in [-0.25, -0.2) is 4.79 Å². The maximum absolute atomic E-state index is 11.8. The normalized spacial score (nSPS) is 9.85. The molecule has 5 heteroatoms. The van der Waals surface area contributed by atoms with Gasteiger partial charge in [0.05, 0.1) is 12.8 Å². The smallest absolute Gasteiger partial charge is 0.319 e. The number of nitrogens with zero attached hydrogens (tertiary/aromatic N) is 1. The topological polar surface area (TPSA) is 63.2 Å². The van der Waals surface area contributed by atoms with E-state index >= 15 is 0 Å². The lowest BCUT2D eigenvalue weighted by Gasteiger charge is -2.10. The van der Waals surface area contributed by atoms with Gasteiger partial charge in [-0.3, -0.25) is 4.98 Å². The molecule has 0 unspecified atom stereocenters. The zero-order valence-electron chi connectivity index (χ0n) is 11.3. The maximum atomic E-state index is 11.8. The molecule has 0 bridgehead atoms. The van der Waals surface area contributed by atoms with Gasteiger partial charge in [0.25, 0.3) is 0 Å². The van der Waals surface area contributed by atoms with E-state index in [1.807, 2.05) is 30.3 Å². The van der Waals surface area contributed by atoms with E-state index in [0.717, 1.165) is 5.69 Å². The summed E-state index contributed by atoms with van der Waals surface area (Å²) in [7, 11) is 1.57. The number of rotatable bonds is 5. The first kappa shape index (κ1) is 13.9. The van der Waals surface area contributed by atoms with Gasteiger partial charge in [-0.1, -0.05) is 18.2 Å². The molecule has 1 aromatic heterocycles. The number of methoxy groups -OCH3 is 1. The summed E-state index contributed by atoms with van der Waals surface area (Å²) in [6.45, 7) is 0.526. The summed E-state index contributed by atoms with van der Waals surface area (Å²) in [5, 5.41) is 5.54. The number of para-hydroxylation sites is 2. The first-order chi connectivity index (χ1) is 9.79. The molecule has 104 valence electrons. The van der Waals surface area contributed by atoms with Crippen molar-refractivity contribution in [3.05, 3.63) is 54.4 Å². The highest BCUT2D eigenvalue weighted by atomic mass is 16.5. The number of anilines is 1. The number of ether oxygens (including phenoxy) is 1. The van der Waals surface area contributed by atoms with Crippen LogP contribution >= 0.6 is 0 Å². The standard InChI is InChI=1S/C15H17N3O2/c1-20-14-8-3-2-7-13(14)18-15(19)17-11-9-12-6-4-5-10-16-12/h2-8,10H,9,11H2,1H3,(H2,17,18,19). The van der Waals surface area contributed by atoms with E-state index in [1.165, 1.54) is 0 Å². The van der Waals surface area contributed by atoms with Gasteiger partial charge in [-0.2, -0.15) is 0 Å². The highest BCUT2D eigenvalue weighted by Crippen LogP contribution is 2.22. The molecule has 0 aliphatic carbocycles. The second-order valence-electron chi connectivity index (χ2n) is 4.15. The highest BCUT2D eigenvalue weighted by molar-refractivity contribution is 5.90. The van der Waals surface area contributed by atoms with Crippen LogP contribution in [0.3, 0.4) is 0 Å². The van der Waals surface area contributed by atoms with Gasteiger partial charge in [-0.05, 0) is 24.3 Å². The number of urea groups is 1. The molecular weight excluding hydrogens is 254 g/mol. The average molecular weight is 271 g/mol. The van der Waals surface area contributed by atoms with Crippen molar-refractivity contribution in [2.24, 2.45) is 0 Å². The van der Waals surface area contributed by atoms with Crippen molar-refractivity contribution in [1.29, 1.82) is 0 Å². The minimum Gasteiger partial charge on any atom is -0.495 e. The van der Waals surface area contributed by atoms with Gasteiger partial charge in [0.1, 0.15) is 5.75 Å². The number of hydrogen-bond acceptors (Lipinski definition) is 3. The molecule has 2 rings (SSSR count). The SMILES string of the molecule is COc1ccccc1NC(=O)NCCc1ccccn1. The van der Waals surface area contributed by atoms with Crippen molar-refractivity contribution in [1.82, 2.24) is 10.3 Å². The molecule has 2 amide bonds. The molecule has 20 heavy (non-hydrogen) atoms. The van der Waals surface area contributed by atoms with Crippen LogP contribution in [0.1, 0.15) is 5.69 Å². The van der Waals surface area contributed by atoms with E-state index < -0.39 is 0 Å². The van der Waals surface area contributed by atoms with Crippen LogP contribution in [0.15, 0.2) is 48.7 Å². The molecule has 0 aliphatic heterocycles. The number of carbonyl (C=O) groups is 1. The molecule has 0 radical (unpaired) electrons. The molecule has 1 heterocycles. The lowest BCUT2D eigenvalue weighted by molar-refractivity contribution is 0.252. The average Bonchev–Trinajstić information content (AvgIpc) is 2.49. The van der Waals surface area contributed by atoms with Crippen molar-refractivity contribution in [2.45, 2.75) is 6.42 Å². The number of benzene rings is 1. The van der Waals surface area contributed by atoms with E-state index in [0.29, 0.717) is 24.4 Å². The van der Waals surface area contributed by atoms with Gasteiger partial charge in [0.15, 0.2) is 0 Å². The van der Waals surface area contributed by atoms with Crippen molar-refractivity contribution >= 4 is 11.7 Å². The van der Waals surface area contributed by atoms with Crippen LogP contribution in [0, 0.1) is 0 Å². The minimum absolute atomic E-state index is 0.259. The Morgan fingerprint density at radius 3 is 2.75 bits per heavy atom. The Kier molecular flexibility index (Phi) is 4.94. The van der Waals surface area contributed by atoms with E-state index in [-0.39, 0.29) is 6.03 Å². The van der Waals surface area contributed by atoms with Crippen LogP contribution in [0.5, 0.6) is 5.75 Å². The number of pyridine rings is 1. The Labute approximate surface area is 118 Å². The molecule has 2 N–H and O–H groups in total. The number of hydrogen-bond donors (Lipinski definition) is 2. The van der Waals surface area contributed by atoms with Crippen LogP contribution in [-0.2, 0) is 6.42 Å². The molecule has 0 saturated heterocycles. The summed E-state index contributed by atoms with van der Waals surface area (Å²) >= 11 is 0. The van der Waals surface area contributed by atoms with Crippen LogP contribution in [0.25, 0.3) is 0 Å². The van der Waals surface area contributed by atoms with Gasteiger partial charge in [0, 0.05) is 24.9 Å². The van der Waals surface area contributed by atoms with Crippen LogP contribution < -0.4 is 15.4 Å². The first-order valence-electron chi connectivity index (χ1n) is 6.37. The monoisotopic (exact) mass is 271 g/mol. The van der Waals surface area contributed by atoms with Gasteiger partial charge in [0.2, 0.25) is 0 Å².